The average molecular weight is 548 g/mol. The van der Waals surface area contributed by atoms with E-state index in [1.807, 2.05) is 6.92 Å². The Morgan fingerprint density at radius 1 is 1.14 bits per heavy atom. The van der Waals surface area contributed by atoms with Crippen LogP contribution in [0.25, 0.3) is 0 Å². The number of hydrogen-bond donors (Lipinski definition) is 1. The standard InChI is InChI=1S/C14H18F3NOS.C9H18N2O.C5H12/c1-2-11-7-9-18(10-8-11)20-13-5-3-12(4-6-13)19-14(15,16)17;1-7(2)5-9(4,8(3)12)11-6-10;1-4-5(2)3/h3-6,11H,2,7-10H2,1H3;6-7H,5H2,1-4H3,(H2,10,11);5H,4H2,1-3H3. The number of ketones is 1. The smallest absolute Gasteiger partial charge is 0.406 e. The van der Waals surface area contributed by atoms with E-state index in [0.29, 0.717) is 5.92 Å². The molecule has 0 saturated carbocycles. The van der Waals surface area contributed by atoms with E-state index in [-0.39, 0.29) is 11.5 Å². The first-order valence-electron chi connectivity index (χ1n) is 13.2. The molecular weight excluding hydrogens is 499 g/mol. The van der Waals surface area contributed by atoms with E-state index < -0.39 is 11.9 Å². The minimum atomic E-state index is -4.63. The van der Waals surface area contributed by atoms with Gasteiger partial charge in [0.15, 0.2) is 5.78 Å². The molecule has 1 heterocycles. The van der Waals surface area contributed by atoms with Gasteiger partial charge in [0.1, 0.15) is 11.3 Å². The summed E-state index contributed by atoms with van der Waals surface area (Å²) in [5, 5.41) is 0. The van der Waals surface area contributed by atoms with Crippen LogP contribution in [0.5, 0.6) is 5.75 Å². The van der Waals surface area contributed by atoms with Crippen molar-refractivity contribution in [1.82, 2.24) is 4.31 Å². The van der Waals surface area contributed by atoms with Crippen LogP contribution in [0, 0.1) is 17.8 Å². The Hall–Kier alpha value is -1.74. The average Bonchev–Trinajstić information content (AvgIpc) is 2.80. The first kappa shape index (κ1) is 35.3. The van der Waals surface area contributed by atoms with E-state index in [0.717, 1.165) is 36.2 Å². The fourth-order valence-corrected chi connectivity index (χ4v) is 4.46. The molecule has 1 aromatic rings. The second kappa shape index (κ2) is 17.7. The lowest BCUT2D eigenvalue weighted by atomic mass is 9.88. The van der Waals surface area contributed by atoms with Crippen LogP contribution in [-0.2, 0) is 4.79 Å². The Morgan fingerprint density at radius 2 is 1.65 bits per heavy atom. The molecule has 0 amide bonds. The van der Waals surface area contributed by atoms with Gasteiger partial charge in [-0.2, -0.15) is 0 Å². The predicted molar refractivity (Wildman–Crippen MR) is 150 cm³/mol. The quantitative estimate of drug-likeness (QED) is 0.192. The van der Waals surface area contributed by atoms with Crippen LogP contribution in [0.15, 0.2) is 34.2 Å². The molecule has 2 N–H and O–H groups in total. The van der Waals surface area contributed by atoms with Crippen LogP contribution in [0.4, 0.5) is 13.2 Å². The summed E-state index contributed by atoms with van der Waals surface area (Å²) in [5.41, 5.74) is 4.56. The highest BCUT2D eigenvalue weighted by molar-refractivity contribution is 7.97. The maximum Gasteiger partial charge on any atom is 0.573 e. The normalized spacial score (nSPS) is 16.6. The van der Waals surface area contributed by atoms with Crippen LogP contribution < -0.4 is 10.5 Å². The second-order valence-corrected chi connectivity index (χ2v) is 11.6. The largest absolute Gasteiger partial charge is 0.573 e. The number of ether oxygens (including phenoxy) is 1. The van der Waals surface area contributed by atoms with Crippen molar-refractivity contribution in [3.8, 4) is 5.75 Å². The van der Waals surface area contributed by atoms with Gasteiger partial charge in [0.25, 0.3) is 0 Å². The summed E-state index contributed by atoms with van der Waals surface area (Å²) in [6.07, 6.45) is 2.25. The van der Waals surface area contributed by atoms with E-state index in [1.54, 1.807) is 31.0 Å². The summed E-state index contributed by atoms with van der Waals surface area (Å²) in [5.74, 6) is 2.04. The third-order valence-electron chi connectivity index (χ3n) is 6.18. The number of halogens is 3. The third kappa shape index (κ3) is 16.7. The van der Waals surface area contributed by atoms with E-state index in [9.17, 15) is 18.0 Å². The Kier molecular flexibility index (Phi) is 16.9. The lowest BCUT2D eigenvalue weighted by Gasteiger charge is -2.30. The predicted octanol–water partition coefficient (Wildman–Crippen LogP) is 8.13. The fraction of sp³-hybridized carbons (Fsp3) is 0.714. The number of nitrogens with zero attached hydrogens (tertiary/aromatic N) is 2. The van der Waals surface area contributed by atoms with Crippen molar-refractivity contribution < 1.29 is 22.7 Å². The Morgan fingerprint density at radius 3 is 2.00 bits per heavy atom. The van der Waals surface area contributed by atoms with Crippen molar-refractivity contribution >= 4 is 24.1 Å². The van der Waals surface area contributed by atoms with E-state index in [4.69, 9.17) is 5.73 Å². The molecule has 1 aliphatic rings. The molecule has 37 heavy (non-hydrogen) atoms. The molecule has 1 saturated heterocycles. The van der Waals surface area contributed by atoms with Crippen molar-refractivity contribution in [2.45, 2.75) is 104 Å². The molecule has 9 heteroatoms. The molecule has 0 bridgehead atoms. The molecule has 1 atom stereocenters. The van der Waals surface area contributed by atoms with Gasteiger partial charge in [-0.15, -0.1) is 13.2 Å². The number of nitrogens with two attached hydrogens (primary N) is 1. The number of rotatable bonds is 9. The van der Waals surface area contributed by atoms with E-state index >= 15 is 0 Å². The monoisotopic (exact) mass is 547 g/mol. The zero-order valence-electron chi connectivity index (χ0n) is 23.9. The van der Waals surface area contributed by atoms with Crippen LogP contribution in [0.3, 0.4) is 0 Å². The molecule has 0 radical (unpaired) electrons. The minimum Gasteiger partial charge on any atom is -0.406 e. The number of aliphatic imine (C=N–C) groups is 1. The van der Waals surface area contributed by atoms with Crippen LogP contribution in [-0.4, -0.2) is 41.4 Å². The first-order valence-corrected chi connectivity index (χ1v) is 14.0. The van der Waals surface area contributed by atoms with Gasteiger partial charge in [-0.3, -0.25) is 9.79 Å². The molecule has 0 spiro atoms. The first-order chi connectivity index (χ1) is 17.2. The summed E-state index contributed by atoms with van der Waals surface area (Å²) in [7, 11) is 0. The molecular formula is C28H48F3N3O2S. The van der Waals surface area contributed by atoms with Crippen molar-refractivity contribution in [3.05, 3.63) is 24.3 Å². The van der Waals surface area contributed by atoms with Gasteiger partial charge in [0.2, 0.25) is 0 Å². The summed E-state index contributed by atoms with van der Waals surface area (Å²) in [4.78, 5) is 16.2. The number of carbonyl (C=O) groups excluding carboxylic acids is 1. The zero-order chi connectivity index (χ0) is 28.6. The SMILES string of the molecule is CC(=O)C(C)(CC(C)C)N=CN.CCC(C)C.CCC1CCN(Sc2ccc(OC(F)(F)F)cc2)CC1. The number of benzene rings is 1. The molecule has 5 nitrogen and oxygen atoms in total. The lowest BCUT2D eigenvalue weighted by Crippen LogP contribution is -2.33. The van der Waals surface area contributed by atoms with Gasteiger partial charge in [-0.05, 0) is 87.1 Å². The molecule has 0 aliphatic carbocycles. The zero-order valence-corrected chi connectivity index (χ0v) is 24.7. The van der Waals surface area contributed by atoms with Crippen LogP contribution in [0.1, 0.15) is 87.5 Å². The molecule has 214 valence electrons. The van der Waals surface area contributed by atoms with Crippen molar-refractivity contribution in [3.63, 3.8) is 0 Å². The minimum absolute atomic E-state index is 0.0675. The lowest BCUT2D eigenvalue weighted by molar-refractivity contribution is -0.274. The molecule has 1 aromatic carbocycles. The van der Waals surface area contributed by atoms with Gasteiger partial charge >= 0.3 is 6.36 Å². The topological polar surface area (TPSA) is 67.9 Å². The summed E-state index contributed by atoms with van der Waals surface area (Å²) >= 11 is 1.60. The van der Waals surface area contributed by atoms with Crippen LogP contribution in [0.2, 0.25) is 0 Å². The highest BCUT2D eigenvalue weighted by Gasteiger charge is 2.31. The number of Topliss-reactive ketones (excluding diaryl/α,β-unsaturated/α-hetero) is 1. The van der Waals surface area contributed by atoms with E-state index in [2.05, 4.69) is 55.6 Å². The van der Waals surface area contributed by atoms with Crippen molar-refractivity contribution in [2.75, 3.05) is 13.1 Å². The fourth-order valence-electron chi connectivity index (χ4n) is 3.51. The highest BCUT2D eigenvalue weighted by Crippen LogP contribution is 2.31. The third-order valence-corrected chi connectivity index (χ3v) is 7.29. The number of hydrogen-bond acceptors (Lipinski definition) is 5. The second-order valence-electron chi connectivity index (χ2n) is 10.4. The molecule has 1 aliphatic heterocycles. The summed E-state index contributed by atoms with van der Waals surface area (Å²) in [6.45, 7) is 18.4. The highest BCUT2D eigenvalue weighted by atomic mass is 32.2. The number of piperidine rings is 1. The van der Waals surface area contributed by atoms with Gasteiger partial charge in [-0.1, -0.05) is 54.4 Å². The molecule has 1 unspecified atom stereocenters. The van der Waals surface area contributed by atoms with Crippen molar-refractivity contribution in [2.24, 2.45) is 28.5 Å². The number of carbonyl (C=O) groups is 1. The van der Waals surface area contributed by atoms with Crippen molar-refractivity contribution in [1.29, 1.82) is 0 Å². The Bertz CT molecular complexity index is 778. The molecule has 1 fully saturated rings. The van der Waals surface area contributed by atoms with Gasteiger partial charge in [0, 0.05) is 18.0 Å². The number of alkyl halides is 3. The maximum atomic E-state index is 12.0. The van der Waals surface area contributed by atoms with Gasteiger partial charge in [0.05, 0.1) is 6.34 Å². The maximum absolute atomic E-state index is 12.0. The summed E-state index contributed by atoms with van der Waals surface area (Å²) < 4.78 is 42.3. The van der Waals surface area contributed by atoms with Gasteiger partial charge < -0.3 is 10.5 Å². The Balaban J connectivity index is 0.000000648. The van der Waals surface area contributed by atoms with Gasteiger partial charge in [-0.25, -0.2) is 4.31 Å². The Labute approximate surface area is 226 Å². The van der Waals surface area contributed by atoms with Crippen LogP contribution >= 0.6 is 11.9 Å². The molecule has 0 aromatic heterocycles. The molecule has 2 rings (SSSR count). The summed E-state index contributed by atoms with van der Waals surface area (Å²) in [6, 6.07) is 6.04. The van der Waals surface area contributed by atoms with E-state index in [1.165, 1.54) is 44.2 Å².